The number of nitrogens with one attached hydrogen (secondary N) is 1. The van der Waals surface area contributed by atoms with Gasteiger partial charge in [-0.15, -0.1) is 0 Å². The largest absolute Gasteiger partial charge is 0.496 e. The smallest absolute Gasteiger partial charge is 0.264 e. The number of anilines is 1. The molecule has 0 fully saturated rings. The zero-order chi connectivity index (χ0) is 26.3. The number of amides is 1. The Hall–Kier alpha value is -4.30. The monoisotopic (exact) mass is 516 g/mol. The molecular formula is C29H28N2O5S. The van der Waals surface area contributed by atoms with Crippen molar-refractivity contribution in [2.45, 2.75) is 17.9 Å². The minimum atomic E-state index is -4.03. The highest BCUT2D eigenvalue weighted by Gasteiger charge is 2.28. The molecule has 1 amide bonds. The van der Waals surface area contributed by atoms with E-state index in [1.54, 1.807) is 49.6 Å². The lowest BCUT2D eigenvalue weighted by atomic mass is 10.1. The van der Waals surface area contributed by atoms with Crippen molar-refractivity contribution < 1.29 is 22.7 Å². The predicted octanol–water partition coefficient (Wildman–Crippen LogP) is 5.56. The third kappa shape index (κ3) is 6.29. The molecule has 0 spiro atoms. The lowest BCUT2D eigenvalue weighted by Gasteiger charge is -2.25. The van der Waals surface area contributed by atoms with Crippen LogP contribution in [-0.2, 0) is 14.8 Å². The lowest BCUT2D eigenvalue weighted by molar-refractivity contribution is -0.120. The van der Waals surface area contributed by atoms with Crippen LogP contribution in [0.2, 0.25) is 0 Å². The summed E-state index contributed by atoms with van der Waals surface area (Å²) in [5, 5.41) is 2.89. The molecule has 4 aromatic carbocycles. The number of carbonyl (C=O) groups is 1. The highest BCUT2D eigenvalue weighted by molar-refractivity contribution is 7.92. The standard InChI is InChI=1S/C29H28N2O5S/c1-22(27-15-9-10-16-28(27)35-2)30-29(32)21-31(37(33,34)26-13-7-4-8-14-26)23-17-19-25(20-18-23)36-24-11-5-3-6-12-24/h3-20,22H,21H2,1-2H3,(H,30,32)/t22-/m1/s1. The maximum Gasteiger partial charge on any atom is 0.264 e. The summed E-state index contributed by atoms with van der Waals surface area (Å²) in [7, 11) is -2.46. The number of nitrogens with zero attached hydrogens (tertiary/aromatic N) is 1. The van der Waals surface area contributed by atoms with Gasteiger partial charge in [0.2, 0.25) is 5.91 Å². The first-order chi connectivity index (χ1) is 17.9. The molecule has 0 saturated heterocycles. The normalized spacial score (nSPS) is 11.8. The molecular weight excluding hydrogens is 488 g/mol. The number of para-hydroxylation sites is 2. The van der Waals surface area contributed by atoms with Crippen LogP contribution in [0.15, 0.2) is 114 Å². The Bertz CT molecular complexity index is 1430. The summed E-state index contributed by atoms with van der Waals surface area (Å²) in [5.74, 6) is 1.38. The van der Waals surface area contributed by atoms with Crippen LogP contribution in [0.3, 0.4) is 0 Å². The Balaban J connectivity index is 1.59. The number of ether oxygens (including phenoxy) is 2. The van der Waals surface area contributed by atoms with Crippen LogP contribution in [0.4, 0.5) is 5.69 Å². The molecule has 7 nitrogen and oxygen atoms in total. The summed E-state index contributed by atoms with van der Waals surface area (Å²) < 4.78 is 39.5. The number of sulfonamides is 1. The zero-order valence-corrected chi connectivity index (χ0v) is 21.4. The summed E-state index contributed by atoms with van der Waals surface area (Å²) >= 11 is 0. The Kier molecular flexibility index (Phi) is 8.10. The molecule has 1 N–H and O–H groups in total. The van der Waals surface area contributed by atoms with Gasteiger partial charge in [0.1, 0.15) is 23.8 Å². The van der Waals surface area contributed by atoms with Crippen LogP contribution in [0, 0.1) is 0 Å². The Morgan fingerprint density at radius 2 is 1.38 bits per heavy atom. The van der Waals surface area contributed by atoms with Gasteiger partial charge in [-0.05, 0) is 61.5 Å². The molecule has 8 heteroatoms. The van der Waals surface area contributed by atoms with E-state index in [-0.39, 0.29) is 4.90 Å². The quantitative estimate of drug-likeness (QED) is 0.298. The molecule has 0 saturated carbocycles. The fourth-order valence-corrected chi connectivity index (χ4v) is 5.30. The second-order valence-electron chi connectivity index (χ2n) is 8.26. The van der Waals surface area contributed by atoms with E-state index in [1.165, 1.54) is 12.1 Å². The predicted molar refractivity (Wildman–Crippen MR) is 143 cm³/mol. The second-order valence-corrected chi connectivity index (χ2v) is 10.1. The Morgan fingerprint density at radius 1 is 0.811 bits per heavy atom. The van der Waals surface area contributed by atoms with Crippen molar-refractivity contribution in [1.82, 2.24) is 5.32 Å². The first kappa shape index (κ1) is 25.8. The molecule has 0 aliphatic carbocycles. The van der Waals surface area contributed by atoms with Crippen molar-refractivity contribution in [3.8, 4) is 17.2 Å². The SMILES string of the molecule is COc1ccccc1[C@@H](C)NC(=O)CN(c1ccc(Oc2ccccc2)cc1)S(=O)(=O)c1ccccc1. The van der Waals surface area contributed by atoms with Crippen molar-refractivity contribution >= 4 is 21.6 Å². The van der Waals surface area contributed by atoms with Gasteiger partial charge in [0.15, 0.2) is 0 Å². The molecule has 190 valence electrons. The number of hydrogen-bond donors (Lipinski definition) is 1. The summed E-state index contributed by atoms with van der Waals surface area (Å²) in [6.45, 7) is 1.41. The van der Waals surface area contributed by atoms with Gasteiger partial charge < -0.3 is 14.8 Å². The molecule has 37 heavy (non-hydrogen) atoms. The summed E-state index contributed by atoms with van der Waals surface area (Å²) in [6, 6.07) is 30.9. The minimum Gasteiger partial charge on any atom is -0.496 e. The topological polar surface area (TPSA) is 84.9 Å². The van der Waals surface area contributed by atoms with E-state index in [9.17, 15) is 13.2 Å². The van der Waals surface area contributed by atoms with Gasteiger partial charge in [-0.1, -0.05) is 54.6 Å². The van der Waals surface area contributed by atoms with E-state index in [4.69, 9.17) is 9.47 Å². The number of benzene rings is 4. The maximum atomic E-state index is 13.6. The summed E-state index contributed by atoms with van der Waals surface area (Å²) in [4.78, 5) is 13.2. The third-order valence-corrected chi connectivity index (χ3v) is 7.49. The first-order valence-electron chi connectivity index (χ1n) is 11.7. The van der Waals surface area contributed by atoms with E-state index in [1.807, 2.05) is 61.5 Å². The number of carbonyl (C=O) groups excluding carboxylic acids is 1. The van der Waals surface area contributed by atoms with Crippen molar-refractivity contribution in [2.24, 2.45) is 0 Å². The highest BCUT2D eigenvalue weighted by Crippen LogP contribution is 2.29. The van der Waals surface area contributed by atoms with E-state index in [0.29, 0.717) is 22.9 Å². The van der Waals surface area contributed by atoms with Crippen LogP contribution < -0.4 is 19.1 Å². The molecule has 0 bridgehead atoms. The summed E-state index contributed by atoms with van der Waals surface area (Å²) in [5.41, 5.74) is 1.13. The molecule has 0 aromatic heterocycles. The zero-order valence-electron chi connectivity index (χ0n) is 20.6. The molecule has 0 aliphatic heterocycles. The Labute approximate surface area is 217 Å². The molecule has 4 aromatic rings. The average molecular weight is 517 g/mol. The fourth-order valence-electron chi connectivity index (χ4n) is 3.86. The van der Waals surface area contributed by atoms with Crippen LogP contribution in [0.5, 0.6) is 17.2 Å². The van der Waals surface area contributed by atoms with Crippen molar-refractivity contribution in [3.63, 3.8) is 0 Å². The van der Waals surface area contributed by atoms with Crippen molar-refractivity contribution in [1.29, 1.82) is 0 Å². The molecule has 4 rings (SSSR count). The maximum absolute atomic E-state index is 13.6. The first-order valence-corrected chi connectivity index (χ1v) is 13.2. The van der Waals surface area contributed by atoms with Gasteiger partial charge in [-0.2, -0.15) is 0 Å². The van der Waals surface area contributed by atoms with Gasteiger partial charge in [0.05, 0.1) is 23.7 Å². The molecule has 0 radical (unpaired) electrons. The van der Waals surface area contributed by atoms with E-state index in [0.717, 1.165) is 9.87 Å². The van der Waals surface area contributed by atoms with Crippen LogP contribution in [0.25, 0.3) is 0 Å². The molecule has 0 unspecified atom stereocenters. The van der Waals surface area contributed by atoms with E-state index < -0.39 is 28.5 Å². The second kappa shape index (κ2) is 11.6. The highest BCUT2D eigenvalue weighted by atomic mass is 32.2. The third-order valence-electron chi connectivity index (χ3n) is 5.70. The molecule has 0 heterocycles. The lowest BCUT2D eigenvalue weighted by Crippen LogP contribution is -2.41. The van der Waals surface area contributed by atoms with Gasteiger partial charge in [0.25, 0.3) is 10.0 Å². The van der Waals surface area contributed by atoms with Crippen molar-refractivity contribution in [2.75, 3.05) is 18.0 Å². The van der Waals surface area contributed by atoms with Crippen LogP contribution in [-0.4, -0.2) is 28.0 Å². The Morgan fingerprint density at radius 3 is 2.03 bits per heavy atom. The van der Waals surface area contributed by atoms with Crippen LogP contribution in [0.1, 0.15) is 18.5 Å². The fraction of sp³-hybridized carbons (Fsp3) is 0.138. The van der Waals surface area contributed by atoms with Gasteiger partial charge >= 0.3 is 0 Å². The minimum absolute atomic E-state index is 0.0881. The number of rotatable bonds is 10. The van der Waals surface area contributed by atoms with Gasteiger partial charge in [-0.25, -0.2) is 8.42 Å². The number of hydrogen-bond acceptors (Lipinski definition) is 5. The molecule has 1 atom stereocenters. The van der Waals surface area contributed by atoms with Gasteiger partial charge in [0, 0.05) is 5.56 Å². The van der Waals surface area contributed by atoms with E-state index in [2.05, 4.69) is 5.32 Å². The van der Waals surface area contributed by atoms with Crippen LogP contribution >= 0.6 is 0 Å². The number of methoxy groups -OCH3 is 1. The average Bonchev–Trinajstić information content (AvgIpc) is 2.93. The molecule has 0 aliphatic rings. The summed E-state index contributed by atoms with van der Waals surface area (Å²) in [6.07, 6.45) is 0. The van der Waals surface area contributed by atoms with Gasteiger partial charge in [-0.3, -0.25) is 9.10 Å². The van der Waals surface area contributed by atoms with E-state index >= 15 is 0 Å². The van der Waals surface area contributed by atoms with Crippen molar-refractivity contribution in [3.05, 3.63) is 115 Å².